The van der Waals surface area contributed by atoms with E-state index >= 15 is 0 Å². The highest BCUT2D eigenvalue weighted by molar-refractivity contribution is 7.92. The summed E-state index contributed by atoms with van der Waals surface area (Å²) in [5, 5.41) is 0. The molecule has 0 atom stereocenters. The van der Waals surface area contributed by atoms with Crippen molar-refractivity contribution in [2.75, 3.05) is 4.72 Å². The van der Waals surface area contributed by atoms with Crippen molar-refractivity contribution >= 4 is 27.0 Å². The minimum absolute atomic E-state index is 0.0169. The highest BCUT2D eigenvalue weighted by Crippen LogP contribution is 2.26. The maximum absolute atomic E-state index is 12.3. The lowest BCUT2D eigenvalue weighted by atomic mass is 9.87. The second-order valence-corrected chi connectivity index (χ2v) is 8.17. The van der Waals surface area contributed by atoms with Crippen molar-refractivity contribution in [2.24, 2.45) is 0 Å². The van der Waals surface area contributed by atoms with E-state index in [-0.39, 0.29) is 16.3 Å². The van der Waals surface area contributed by atoms with E-state index in [2.05, 4.69) is 35.5 Å². The highest BCUT2D eigenvalue weighted by atomic mass is 32.2. The molecule has 5 nitrogen and oxygen atoms in total. The fourth-order valence-electron chi connectivity index (χ4n) is 2.31. The smallest absolute Gasteiger partial charge is 0.264 e. The van der Waals surface area contributed by atoms with Crippen molar-refractivity contribution in [1.29, 1.82) is 0 Å². The molecule has 0 aliphatic heterocycles. The molecule has 0 unspecified atom stereocenters. The number of nitrogens with one attached hydrogen (secondary N) is 2. The van der Waals surface area contributed by atoms with Crippen LogP contribution in [0.15, 0.2) is 53.4 Å². The molecule has 0 fully saturated rings. The Balaban J connectivity index is 1.95. The number of H-pyrrole nitrogens is 1. The van der Waals surface area contributed by atoms with Crippen LogP contribution in [0.3, 0.4) is 0 Å². The molecule has 3 aromatic rings. The lowest BCUT2D eigenvalue weighted by Crippen LogP contribution is -2.13. The Morgan fingerprint density at radius 2 is 1.74 bits per heavy atom. The molecule has 3 rings (SSSR count). The number of aromatic amines is 1. The lowest BCUT2D eigenvalue weighted by molar-refractivity contribution is 0.591. The Kier molecular flexibility index (Phi) is 3.64. The number of benzene rings is 2. The number of hydrogen-bond acceptors (Lipinski definition) is 3. The summed E-state index contributed by atoms with van der Waals surface area (Å²) in [5.74, 6) is 0.218. The van der Waals surface area contributed by atoms with Crippen molar-refractivity contribution in [2.45, 2.75) is 31.1 Å². The number of rotatable bonds is 3. The Morgan fingerprint density at radius 1 is 1.04 bits per heavy atom. The standard InChI is InChI=1S/C17H19N3O2S/c1-17(2,3)12-9-10-14-15(11-12)19-16(18-14)20-23(21,22)13-7-5-4-6-8-13/h4-11H,1-3H3,(H2,18,19,20). The molecule has 23 heavy (non-hydrogen) atoms. The molecule has 6 heteroatoms. The van der Waals surface area contributed by atoms with E-state index in [4.69, 9.17) is 0 Å². The number of anilines is 1. The predicted molar refractivity (Wildman–Crippen MR) is 92.0 cm³/mol. The van der Waals surface area contributed by atoms with Crippen LogP contribution < -0.4 is 4.72 Å². The first kappa shape index (κ1) is 15.6. The third-order valence-corrected chi connectivity index (χ3v) is 4.99. The Labute approximate surface area is 135 Å². The maximum atomic E-state index is 12.3. The molecule has 2 N–H and O–H groups in total. The Bertz CT molecular complexity index is 939. The van der Waals surface area contributed by atoms with Gasteiger partial charge < -0.3 is 4.98 Å². The number of aromatic nitrogens is 2. The molecule has 0 bridgehead atoms. The van der Waals surface area contributed by atoms with Crippen LogP contribution in [0, 0.1) is 0 Å². The van der Waals surface area contributed by atoms with E-state index in [0.29, 0.717) is 0 Å². The van der Waals surface area contributed by atoms with Crippen LogP contribution in [-0.4, -0.2) is 18.4 Å². The normalized spacial score (nSPS) is 12.5. The monoisotopic (exact) mass is 329 g/mol. The van der Waals surface area contributed by atoms with Crippen LogP contribution in [0.5, 0.6) is 0 Å². The average molecular weight is 329 g/mol. The molecule has 0 saturated carbocycles. The van der Waals surface area contributed by atoms with E-state index in [9.17, 15) is 8.42 Å². The van der Waals surface area contributed by atoms with Gasteiger partial charge in [0.15, 0.2) is 0 Å². The van der Waals surface area contributed by atoms with Crippen molar-refractivity contribution in [3.05, 3.63) is 54.1 Å². The predicted octanol–water partition coefficient (Wildman–Crippen LogP) is 3.66. The summed E-state index contributed by atoms with van der Waals surface area (Å²) in [4.78, 5) is 7.54. The third kappa shape index (κ3) is 3.22. The molecular weight excluding hydrogens is 310 g/mol. The molecule has 1 aromatic heterocycles. The quantitative estimate of drug-likeness (QED) is 0.770. The zero-order valence-electron chi connectivity index (χ0n) is 13.3. The molecule has 0 spiro atoms. The summed E-state index contributed by atoms with van der Waals surface area (Å²) in [5.41, 5.74) is 2.71. The average Bonchev–Trinajstić information content (AvgIpc) is 2.87. The minimum atomic E-state index is -3.64. The van der Waals surface area contributed by atoms with E-state index < -0.39 is 10.0 Å². The fourth-order valence-corrected chi connectivity index (χ4v) is 3.29. The highest BCUT2D eigenvalue weighted by Gasteiger charge is 2.17. The van der Waals surface area contributed by atoms with Gasteiger partial charge in [-0.15, -0.1) is 0 Å². The van der Waals surface area contributed by atoms with Gasteiger partial charge in [-0.1, -0.05) is 45.0 Å². The van der Waals surface area contributed by atoms with Crippen LogP contribution >= 0.6 is 0 Å². The topological polar surface area (TPSA) is 74.8 Å². The van der Waals surface area contributed by atoms with Gasteiger partial charge in [0.25, 0.3) is 10.0 Å². The second-order valence-electron chi connectivity index (χ2n) is 6.49. The first-order valence-electron chi connectivity index (χ1n) is 7.34. The molecular formula is C17H19N3O2S. The number of imidazole rings is 1. The van der Waals surface area contributed by atoms with Crippen LogP contribution in [0.1, 0.15) is 26.3 Å². The summed E-state index contributed by atoms with van der Waals surface area (Å²) in [7, 11) is -3.64. The minimum Gasteiger partial charge on any atom is -0.323 e. The van der Waals surface area contributed by atoms with Gasteiger partial charge >= 0.3 is 0 Å². The van der Waals surface area contributed by atoms with Gasteiger partial charge in [0, 0.05) is 0 Å². The van der Waals surface area contributed by atoms with Crippen molar-refractivity contribution in [3.8, 4) is 0 Å². The van der Waals surface area contributed by atoms with Crippen molar-refractivity contribution in [3.63, 3.8) is 0 Å². The van der Waals surface area contributed by atoms with Gasteiger partial charge in [-0.3, -0.25) is 0 Å². The van der Waals surface area contributed by atoms with Gasteiger partial charge in [0.2, 0.25) is 5.95 Å². The fraction of sp³-hybridized carbons (Fsp3) is 0.235. The first-order valence-corrected chi connectivity index (χ1v) is 8.82. The van der Waals surface area contributed by atoms with Crippen LogP contribution in [0.25, 0.3) is 11.0 Å². The van der Waals surface area contributed by atoms with E-state index in [1.165, 1.54) is 0 Å². The summed E-state index contributed by atoms with van der Waals surface area (Å²) in [6.45, 7) is 6.39. The van der Waals surface area contributed by atoms with Gasteiger partial charge in [0.1, 0.15) is 0 Å². The maximum Gasteiger partial charge on any atom is 0.264 e. The van der Waals surface area contributed by atoms with E-state index in [0.717, 1.165) is 16.6 Å². The van der Waals surface area contributed by atoms with Gasteiger partial charge in [-0.05, 0) is 35.2 Å². The van der Waals surface area contributed by atoms with Crippen molar-refractivity contribution < 1.29 is 8.42 Å². The molecule has 1 heterocycles. The van der Waals surface area contributed by atoms with Crippen LogP contribution in [-0.2, 0) is 15.4 Å². The second kappa shape index (κ2) is 5.38. The summed E-state index contributed by atoms with van der Waals surface area (Å²) in [6.07, 6.45) is 0. The summed E-state index contributed by atoms with van der Waals surface area (Å²) < 4.78 is 27.2. The molecule has 0 radical (unpaired) electrons. The zero-order valence-corrected chi connectivity index (χ0v) is 14.1. The van der Waals surface area contributed by atoms with E-state index in [1.54, 1.807) is 30.3 Å². The van der Waals surface area contributed by atoms with E-state index in [1.807, 2.05) is 18.2 Å². The molecule has 0 amide bonds. The van der Waals surface area contributed by atoms with Gasteiger partial charge in [-0.2, -0.15) is 0 Å². The first-order chi connectivity index (χ1) is 10.8. The molecule has 0 aliphatic rings. The van der Waals surface area contributed by atoms with Crippen molar-refractivity contribution in [1.82, 2.24) is 9.97 Å². The summed E-state index contributed by atoms with van der Waals surface area (Å²) >= 11 is 0. The SMILES string of the molecule is CC(C)(C)c1ccc2nc(NS(=O)(=O)c3ccccc3)[nH]c2c1. The number of nitrogens with zero attached hydrogens (tertiary/aromatic N) is 1. The zero-order chi connectivity index (χ0) is 16.7. The summed E-state index contributed by atoms with van der Waals surface area (Å²) in [6, 6.07) is 14.1. The van der Waals surface area contributed by atoms with Crippen LogP contribution in [0.2, 0.25) is 0 Å². The molecule has 0 aliphatic carbocycles. The number of hydrogen-bond donors (Lipinski definition) is 2. The van der Waals surface area contributed by atoms with Gasteiger partial charge in [0.05, 0.1) is 15.9 Å². The Morgan fingerprint density at radius 3 is 2.39 bits per heavy atom. The molecule has 0 saturated heterocycles. The third-order valence-electron chi connectivity index (χ3n) is 3.63. The number of sulfonamides is 1. The molecule has 2 aromatic carbocycles. The van der Waals surface area contributed by atoms with Gasteiger partial charge in [-0.25, -0.2) is 18.1 Å². The number of fused-ring (bicyclic) bond motifs is 1. The Hall–Kier alpha value is -2.34. The molecule has 120 valence electrons. The largest absolute Gasteiger partial charge is 0.323 e. The lowest BCUT2D eigenvalue weighted by Gasteiger charge is -2.18. The van der Waals surface area contributed by atoms with Crippen LogP contribution in [0.4, 0.5) is 5.95 Å².